The van der Waals surface area contributed by atoms with Crippen molar-refractivity contribution in [3.63, 3.8) is 0 Å². The second-order valence-electron chi connectivity index (χ2n) is 5.87. The van der Waals surface area contributed by atoms with Crippen molar-refractivity contribution in [3.05, 3.63) is 33.3 Å². The first-order valence-electron chi connectivity index (χ1n) is 7.69. The van der Waals surface area contributed by atoms with E-state index in [-0.39, 0.29) is 0 Å². The molecule has 112 valence electrons. The molecule has 0 amide bonds. The maximum atomic E-state index is 5.47. The molecule has 0 aromatic heterocycles. The summed E-state index contributed by atoms with van der Waals surface area (Å²) in [7, 11) is 0. The highest BCUT2D eigenvalue weighted by molar-refractivity contribution is 9.10. The van der Waals surface area contributed by atoms with Crippen molar-refractivity contribution in [2.75, 3.05) is 19.8 Å². The molecule has 3 heteroatoms. The first-order valence-corrected chi connectivity index (χ1v) is 8.49. The zero-order valence-electron chi connectivity index (χ0n) is 12.8. The maximum absolute atomic E-state index is 5.47. The predicted molar refractivity (Wildman–Crippen MR) is 88.2 cm³/mol. The molecule has 1 aliphatic heterocycles. The summed E-state index contributed by atoms with van der Waals surface area (Å²) in [5.74, 6) is 0.789. The van der Waals surface area contributed by atoms with Gasteiger partial charge in [-0.3, -0.25) is 0 Å². The van der Waals surface area contributed by atoms with Gasteiger partial charge in [-0.2, -0.15) is 0 Å². The van der Waals surface area contributed by atoms with E-state index >= 15 is 0 Å². The number of benzene rings is 1. The first kappa shape index (κ1) is 16.0. The third-order valence-electron chi connectivity index (χ3n) is 4.22. The fourth-order valence-electron chi connectivity index (χ4n) is 3.08. The number of rotatable bonds is 5. The molecule has 0 saturated carbocycles. The molecule has 1 aliphatic rings. The van der Waals surface area contributed by atoms with E-state index in [4.69, 9.17) is 4.74 Å². The lowest BCUT2D eigenvalue weighted by Crippen LogP contribution is -2.26. The molecule has 1 fully saturated rings. The van der Waals surface area contributed by atoms with Crippen LogP contribution in [0, 0.1) is 19.8 Å². The van der Waals surface area contributed by atoms with Gasteiger partial charge in [-0.15, -0.1) is 0 Å². The van der Waals surface area contributed by atoms with Crippen LogP contribution in [0.15, 0.2) is 16.6 Å². The molecular weight excluding hydrogens is 314 g/mol. The topological polar surface area (TPSA) is 21.3 Å². The summed E-state index contributed by atoms with van der Waals surface area (Å²) in [6.07, 6.45) is 3.63. The van der Waals surface area contributed by atoms with Crippen molar-refractivity contribution in [1.82, 2.24) is 5.32 Å². The minimum atomic E-state index is 0.466. The number of aryl methyl sites for hydroxylation is 2. The standard InChI is InChI=1S/C17H26BrNO/c1-4-19-16(11-14-5-7-20-8-6-14)15-9-12(2)17(18)13(3)10-15/h9-10,14,16,19H,4-8,11H2,1-3H3. The van der Waals surface area contributed by atoms with E-state index in [0.717, 1.165) is 25.7 Å². The highest BCUT2D eigenvalue weighted by Crippen LogP contribution is 2.31. The van der Waals surface area contributed by atoms with Crippen LogP contribution in [0.4, 0.5) is 0 Å². The van der Waals surface area contributed by atoms with Gasteiger partial charge in [-0.05, 0) is 62.3 Å². The van der Waals surface area contributed by atoms with Gasteiger partial charge in [0.15, 0.2) is 0 Å². The lowest BCUT2D eigenvalue weighted by atomic mass is 9.88. The minimum absolute atomic E-state index is 0.466. The summed E-state index contributed by atoms with van der Waals surface area (Å²) in [5.41, 5.74) is 4.08. The maximum Gasteiger partial charge on any atom is 0.0468 e. The van der Waals surface area contributed by atoms with E-state index in [0.29, 0.717) is 6.04 Å². The van der Waals surface area contributed by atoms with Gasteiger partial charge in [0.25, 0.3) is 0 Å². The van der Waals surface area contributed by atoms with E-state index < -0.39 is 0 Å². The van der Waals surface area contributed by atoms with Gasteiger partial charge in [0.2, 0.25) is 0 Å². The molecule has 1 saturated heterocycles. The SMILES string of the molecule is CCNC(CC1CCOCC1)c1cc(C)c(Br)c(C)c1. The van der Waals surface area contributed by atoms with E-state index in [2.05, 4.69) is 54.2 Å². The highest BCUT2D eigenvalue weighted by Gasteiger charge is 2.20. The van der Waals surface area contributed by atoms with E-state index in [1.54, 1.807) is 0 Å². The molecule has 1 unspecified atom stereocenters. The summed E-state index contributed by atoms with van der Waals surface area (Å²) in [6.45, 7) is 9.43. The Balaban J connectivity index is 2.14. The van der Waals surface area contributed by atoms with Gasteiger partial charge in [0.05, 0.1) is 0 Å². The Labute approximate surface area is 131 Å². The fraction of sp³-hybridized carbons (Fsp3) is 0.647. The highest BCUT2D eigenvalue weighted by atomic mass is 79.9. The molecule has 1 N–H and O–H groups in total. The van der Waals surface area contributed by atoms with Gasteiger partial charge >= 0.3 is 0 Å². The average molecular weight is 340 g/mol. The molecule has 0 radical (unpaired) electrons. The zero-order valence-corrected chi connectivity index (χ0v) is 14.4. The van der Waals surface area contributed by atoms with Crippen molar-refractivity contribution >= 4 is 15.9 Å². The molecule has 2 rings (SSSR count). The van der Waals surface area contributed by atoms with Crippen molar-refractivity contribution in [1.29, 1.82) is 0 Å². The Kier molecular flexibility index (Phi) is 6.06. The Hall–Kier alpha value is -0.380. The molecule has 0 spiro atoms. The van der Waals surface area contributed by atoms with Crippen molar-refractivity contribution in [3.8, 4) is 0 Å². The van der Waals surface area contributed by atoms with Crippen molar-refractivity contribution in [2.24, 2.45) is 5.92 Å². The Morgan fingerprint density at radius 3 is 2.40 bits per heavy atom. The van der Waals surface area contributed by atoms with Gasteiger partial charge < -0.3 is 10.1 Å². The monoisotopic (exact) mass is 339 g/mol. The van der Waals surface area contributed by atoms with Crippen LogP contribution >= 0.6 is 15.9 Å². The molecule has 0 bridgehead atoms. The van der Waals surface area contributed by atoms with Crippen LogP contribution in [0.2, 0.25) is 0 Å². The summed E-state index contributed by atoms with van der Waals surface area (Å²) in [6, 6.07) is 5.11. The summed E-state index contributed by atoms with van der Waals surface area (Å²) < 4.78 is 6.71. The molecule has 1 atom stereocenters. The summed E-state index contributed by atoms with van der Waals surface area (Å²) in [4.78, 5) is 0. The second kappa shape index (κ2) is 7.58. The van der Waals surface area contributed by atoms with Crippen LogP contribution in [0.1, 0.15) is 48.9 Å². The molecule has 2 nitrogen and oxygen atoms in total. The van der Waals surface area contributed by atoms with Crippen LogP contribution in [-0.2, 0) is 4.74 Å². The van der Waals surface area contributed by atoms with Crippen LogP contribution in [0.3, 0.4) is 0 Å². The van der Waals surface area contributed by atoms with Crippen LogP contribution in [0.25, 0.3) is 0 Å². The van der Waals surface area contributed by atoms with Gasteiger partial charge in [0, 0.05) is 23.7 Å². The zero-order chi connectivity index (χ0) is 14.5. The van der Waals surface area contributed by atoms with Gasteiger partial charge in [-0.1, -0.05) is 35.0 Å². The molecule has 20 heavy (non-hydrogen) atoms. The smallest absolute Gasteiger partial charge is 0.0468 e. The van der Waals surface area contributed by atoms with Gasteiger partial charge in [-0.25, -0.2) is 0 Å². The fourth-order valence-corrected chi connectivity index (χ4v) is 3.31. The number of hydrogen-bond donors (Lipinski definition) is 1. The normalized spacial score (nSPS) is 18.2. The van der Waals surface area contributed by atoms with Crippen LogP contribution in [0.5, 0.6) is 0 Å². The molecular formula is C17H26BrNO. The van der Waals surface area contributed by atoms with Gasteiger partial charge in [0.1, 0.15) is 0 Å². The number of nitrogens with one attached hydrogen (secondary N) is 1. The number of halogens is 1. The predicted octanol–water partition coefficient (Wildman–Crippen LogP) is 4.53. The lowest BCUT2D eigenvalue weighted by molar-refractivity contribution is 0.0606. The Bertz CT molecular complexity index is 418. The van der Waals surface area contributed by atoms with Crippen LogP contribution < -0.4 is 5.32 Å². The second-order valence-corrected chi connectivity index (χ2v) is 6.66. The molecule has 1 aromatic carbocycles. The number of hydrogen-bond acceptors (Lipinski definition) is 2. The Morgan fingerprint density at radius 1 is 1.25 bits per heavy atom. The Morgan fingerprint density at radius 2 is 1.85 bits per heavy atom. The molecule has 1 heterocycles. The molecule has 1 aromatic rings. The van der Waals surface area contributed by atoms with Crippen molar-refractivity contribution in [2.45, 2.75) is 46.1 Å². The van der Waals surface area contributed by atoms with Crippen molar-refractivity contribution < 1.29 is 4.74 Å². The minimum Gasteiger partial charge on any atom is -0.381 e. The summed E-state index contributed by atoms with van der Waals surface area (Å²) in [5, 5.41) is 3.66. The quantitative estimate of drug-likeness (QED) is 0.850. The largest absolute Gasteiger partial charge is 0.381 e. The average Bonchev–Trinajstić information content (AvgIpc) is 2.45. The number of ether oxygens (including phenoxy) is 1. The van der Waals surface area contributed by atoms with Crippen LogP contribution in [-0.4, -0.2) is 19.8 Å². The first-order chi connectivity index (χ1) is 9.61. The van der Waals surface area contributed by atoms with E-state index in [9.17, 15) is 0 Å². The third-order valence-corrected chi connectivity index (χ3v) is 5.47. The van der Waals surface area contributed by atoms with E-state index in [1.165, 1.54) is 40.4 Å². The third kappa shape index (κ3) is 4.06. The molecule has 0 aliphatic carbocycles. The summed E-state index contributed by atoms with van der Waals surface area (Å²) >= 11 is 3.66. The lowest BCUT2D eigenvalue weighted by Gasteiger charge is -2.28. The van der Waals surface area contributed by atoms with E-state index in [1.807, 2.05) is 0 Å².